The molecule has 1 aliphatic heterocycles. The first kappa shape index (κ1) is 20.0. The molecular weight excluding hydrogens is 354 g/mol. The molecule has 2 aromatic rings. The number of piperidine rings is 1. The van der Waals surface area contributed by atoms with Crippen LogP contribution in [0.25, 0.3) is 0 Å². The van der Waals surface area contributed by atoms with Crippen LogP contribution in [0.1, 0.15) is 33.6 Å². The van der Waals surface area contributed by atoms with Crippen LogP contribution in [0.15, 0.2) is 54.6 Å². The van der Waals surface area contributed by atoms with E-state index in [0.29, 0.717) is 30.0 Å². The molecule has 2 aromatic carbocycles. The lowest BCUT2D eigenvalue weighted by molar-refractivity contribution is 0.0512. The number of nitrogens with one attached hydrogen (secondary N) is 3. The molecule has 2 amide bonds. The highest BCUT2D eigenvalue weighted by atomic mass is 16.5. The van der Waals surface area contributed by atoms with Crippen LogP contribution in [0, 0.1) is 5.41 Å². The molecule has 0 radical (unpaired) electrons. The number of hydrogen-bond donors (Lipinski definition) is 3. The van der Waals surface area contributed by atoms with Gasteiger partial charge in [0.2, 0.25) is 0 Å². The summed E-state index contributed by atoms with van der Waals surface area (Å²) in [5.41, 5.74) is 1.44. The predicted octanol–water partition coefficient (Wildman–Crippen LogP) is 2.68. The summed E-state index contributed by atoms with van der Waals surface area (Å²) < 4.78 is 5.41. The Bertz CT molecular complexity index is 796. The van der Waals surface area contributed by atoms with E-state index in [1.165, 1.54) is 0 Å². The molecule has 0 saturated carbocycles. The minimum atomic E-state index is -0.241. The average Bonchev–Trinajstić information content (AvgIpc) is 2.74. The molecule has 28 heavy (non-hydrogen) atoms. The van der Waals surface area contributed by atoms with Crippen LogP contribution in [-0.4, -0.2) is 45.2 Å². The monoisotopic (exact) mass is 381 g/mol. The van der Waals surface area contributed by atoms with Gasteiger partial charge < -0.3 is 20.7 Å². The second-order valence-corrected chi connectivity index (χ2v) is 7.23. The zero-order valence-corrected chi connectivity index (χ0v) is 16.2. The number of para-hydroxylation sites is 1. The quantitative estimate of drug-likeness (QED) is 0.689. The Balaban J connectivity index is 1.69. The van der Waals surface area contributed by atoms with Crippen molar-refractivity contribution in [3.8, 4) is 0 Å². The van der Waals surface area contributed by atoms with Gasteiger partial charge in [0.25, 0.3) is 11.8 Å². The number of hydrogen-bond acceptors (Lipinski definition) is 4. The van der Waals surface area contributed by atoms with E-state index >= 15 is 0 Å². The molecule has 6 heteroatoms. The van der Waals surface area contributed by atoms with Crippen LogP contribution in [0.2, 0.25) is 0 Å². The Labute approximate surface area is 165 Å². The van der Waals surface area contributed by atoms with Crippen molar-refractivity contribution >= 4 is 17.5 Å². The minimum absolute atomic E-state index is 0.0576. The molecule has 3 rings (SSSR count). The van der Waals surface area contributed by atoms with Crippen molar-refractivity contribution in [3.05, 3.63) is 65.7 Å². The molecule has 0 unspecified atom stereocenters. The number of carbonyl (C=O) groups excluding carboxylic acids is 2. The largest absolute Gasteiger partial charge is 0.384 e. The molecule has 0 bridgehead atoms. The van der Waals surface area contributed by atoms with Gasteiger partial charge in [-0.2, -0.15) is 0 Å². The highest BCUT2D eigenvalue weighted by Crippen LogP contribution is 2.28. The Morgan fingerprint density at radius 3 is 2.39 bits per heavy atom. The summed E-state index contributed by atoms with van der Waals surface area (Å²) in [6.45, 7) is 3.00. The molecule has 1 aliphatic rings. The number of ether oxygens (including phenoxy) is 1. The van der Waals surface area contributed by atoms with Crippen molar-refractivity contribution in [2.45, 2.75) is 12.8 Å². The number of benzene rings is 2. The highest BCUT2D eigenvalue weighted by Gasteiger charge is 2.32. The van der Waals surface area contributed by atoms with Gasteiger partial charge in [0.05, 0.1) is 17.9 Å². The average molecular weight is 381 g/mol. The topological polar surface area (TPSA) is 79.5 Å². The van der Waals surface area contributed by atoms with E-state index in [9.17, 15) is 9.59 Å². The van der Waals surface area contributed by atoms with E-state index in [2.05, 4.69) is 16.0 Å². The minimum Gasteiger partial charge on any atom is -0.384 e. The summed E-state index contributed by atoms with van der Waals surface area (Å²) in [6.07, 6.45) is 1.90. The lowest BCUT2D eigenvalue weighted by atomic mass is 9.79. The molecular formula is C22H27N3O3. The maximum absolute atomic E-state index is 12.9. The third-order valence-electron chi connectivity index (χ3n) is 5.19. The number of rotatable bonds is 7. The van der Waals surface area contributed by atoms with Crippen LogP contribution in [0.3, 0.4) is 0 Å². The van der Waals surface area contributed by atoms with Gasteiger partial charge in [0.15, 0.2) is 0 Å². The first-order valence-corrected chi connectivity index (χ1v) is 9.57. The molecule has 3 N–H and O–H groups in total. The summed E-state index contributed by atoms with van der Waals surface area (Å²) in [4.78, 5) is 25.3. The molecule has 0 spiro atoms. The van der Waals surface area contributed by atoms with Gasteiger partial charge in [-0.15, -0.1) is 0 Å². The maximum Gasteiger partial charge on any atom is 0.255 e. The predicted molar refractivity (Wildman–Crippen MR) is 110 cm³/mol. The van der Waals surface area contributed by atoms with Crippen molar-refractivity contribution in [1.29, 1.82) is 0 Å². The first-order chi connectivity index (χ1) is 13.6. The highest BCUT2D eigenvalue weighted by molar-refractivity contribution is 6.08. The normalized spacial score (nSPS) is 15.6. The third kappa shape index (κ3) is 4.97. The Morgan fingerprint density at radius 1 is 1.00 bits per heavy atom. The molecule has 1 saturated heterocycles. The molecule has 1 heterocycles. The van der Waals surface area contributed by atoms with Crippen LogP contribution in [0.4, 0.5) is 5.69 Å². The molecule has 0 atom stereocenters. The van der Waals surface area contributed by atoms with Crippen molar-refractivity contribution in [1.82, 2.24) is 10.6 Å². The second kappa shape index (κ2) is 9.48. The van der Waals surface area contributed by atoms with Crippen LogP contribution < -0.4 is 16.0 Å². The maximum atomic E-state index is 12.9. The first-order valence-electron chi connectivity index (χ1n) is 9.57. The standard InChI is InChI=1S/C22H27N3O3/c1-28-16-22(11-13-23-14-12-22)15-24-21(27)18-9-5-6-10-19(18)25-20(26)17-7-3-2-4-8-17/h2-10,23H,11-16H2,1H3,(H,24,27)(H,25,26). The number of amides is 2. The summed E-state index contributed by atoms with van der Waals surface area (Å²) in [6, 6.07) is 16.0. The SMILES string of the molecule is COCC1(CNC(=O)c2ccccc2NC(=O)c2ccccc2)CCNCC1. The van der Waals surface area contributed by atoms with E-state index in [1.807, 2.05) is 18.2 Å². The van der Waals surface area contributed by atoms with Crippen LogP contribution >= 0.6 is 0 Å². The summed E-state index contributed by atoms with van der Waals surface area (Å²) in [7, 11) is 1.69. The fraction of sp³-hybridized carbons (Fsp3) is 0.364. The van der Waals surface area contributed by atoms with E-state index in [0.717, 1.165) is 25.9 Å². The summed E-state index contributed by atoms with van der Waals surface area (Å²) >= 11 is 0. The zero-order chi connectivity index (χ0) is 19.8. The fourth-order valence-electron chi connectivity index (χ4n) is 3.57. The van der Waals surface area contributed by atoms with Crippen molar-refractivity contribution < 1.29 is 14.3 Å². The summed E-state index contributed by atoms with van der Waals surface area (Å²) in [5.74, 6) is -0.437. The fourth-order valence-corrected chi connectivity index (χ4v) is 3.57. The number of anilines is 1. The van der Waals surface area contributed by atoms with E-state index in [1.54, 1.807) is 43.5 Å². The Hall–Kier alpha value is -2.70. The molecule has 0 aromatic heterocycles. The number of carbonyl (C=O) groups is 2. The van der Waals surface area contributed by atoms with Crippen molar-refractivity contribution in [3.63, 3.8) is 0 Å². The van der Waals surface area contributed by atoms with Gasteiger partial charge in [0, 0.05) is 24.6 Å². The summed E-state index contributed by atoms with van der Waals surface area (Å²) in [5, 5.41) is 9.24. The second-order valence-electron chi connectivity index (χ2n) is 7.23. The van der Waals surface area contributed by atoms with E-state index < -0.39 is 0 Å². The zero-order valence-electron chi connectivity index (χ0n) is 16.2. The van der Waals surface area contributed by atoms with Gasteiger partial charge in [-0.25, -0.2) is 0 Å². The molecule has 1 fully saturated rings. The smallest absolute Gasteiger partial charge is 0.255 e. The third-order valence-corrected chi connectivity index (χ3v) is 5.19. The molecule has 6 nitrogen and oxygen atoms in total. The van der Waals surface area contributed by atoms with Gasteiger partial charge in [-0.1, -0.05) is 30.3 Å². The number of methoxy groups -OCH3 is 1. The van der Waals surface area contributed by atoms with Crippen molar-refractivity contribution in [2.24, 2.45) is 5.41 Å². The van der Waals surface area contributed by atoms with E-state index in [-0.39, 0.29) is 17.2 Å². The Kier molecular flexibility index (Phi) is 6.79. The van der Waals surface area contributed by atoms with Gasteiger partial charge in [-0.3, -0.25) is 9.59 Å². The van der Waals surface area contributed by atoms with E-state index in [4.69, 9.17) is 4.74 Å². The lowest BCUT2D eigenvalue weighted by Gasteiger charge is -2.37. The lowest BCUT2D eigenvalue weighted by Crippen LogP contribution is -2.47. The van der Waals surface area contributed by atoms with Crippen LogP contribution in [-0.2, 0) is 4.74 Å². The molecule has 0 aliphatic carbocycles. The van der Waals surface area contributed by atoms with Gasteiger partial charge >= 0.3 is 0 Å². The van der Waals surface area contributed by atoms with Gasteiger partial charge in [-0.05, 0) is 50.2 Å². The van der Waals surface area contributed by atoms with Crippen molar-refractivity contribution in [2.75, 3.05) is 38.7 Å². The Morgan fingerprint density at radius 2 is 1.68 bits per heavy atom. The molecule has 148 valence electrons. The van der Waals surface area contributed by atoms with Crippen LogP contribution in [0.5, 0.6) is 0 Å². The van der Waals surface area contributed by atoms with Gasteiger partial charge in [0.1, 0.15) is 0 Å².